The number of hydrogen-bond donors (Lipinski definition) is 0. The minimum atomic E-state index is -0.538. The maximum atomic E-state index is 13.0. The fourth-order valence-electron chi connectivity index (χ4n) is 3.45. The lowest BCUT2D eigenvalue weighted by atomic mass is 10.1. The highest BCUT2D eigenvalue weighted by Gasteiger charge is 2.24. The number of aryl methyl sites for hydroxylation is 2. The second-order valence-electron chi connectivity index (χ2n) is 6.78. The Morgan fingerprint density at radius 1 is 1.00 bits per heavy atom. The van der Waals surface area contributed by atoms with Crippen LogP contribution in [-0.2, 0) is 17.7 Å². The Morgan fingerprint density at radius 3 is 2.47 bits per heavy atom. The van der Waals surface area contributed by atoms with Crippen LogP contribution in [0.1, 0.15) is 15.9 Å². The van der Waals surface area contributed by atoms with E-state index in [1.54, 1.807) is 31.6 Å². The van der Waals surface area contributed by atoms with E-state index in [-0.39, 0.29) is 11.1 Å². The smallest absolute Gasteiger partial charge is 0.341 e. The second-order valence-corrected chi connectivity index (χ2v) is 6.78. The molecule has 2 heterocycles. The molecule has 0 fully saturated rings. The Bertz CT molecular complexity index is 1210. The summed E-state index contributed by atoms with van der Waals surface area (Å²) in [7, 11) is 2.95. The number of carbonyl (C=O) groups excluding carboxylic acids is 1. The van der Waals surface area contributed by atoms with Gasteiger partial charge in [0.1, 0.15) is 17.0 Å². The lowest BCUT2D eigenvalue weighted by Gasteiger charge is -2.13. The summed E-state index contributed by atoms with van der Waals surface area (Å²) in [6, 6.07) is 16.9. The van der Waals surface area contributed by atoms with Gasteiger partial charge in [0.2, 0.25) is 0 Å². The molecule has 0 atom stereocenters. The zero-order valence-corrected chi connectivity index (χ0v) is 16.7. The van der Waals surface area contributed by atoms with E-state index in [0.717, 1.165) is 11.3 Å². The molecular formula is C23H21N3O4. The molecule has 2 aliphatic heterocycles. The lowest BCUT2D eigenvalue weighted by molar-refractivity contribution is 0.0600. The average Bonchev–Trinajstić information content (AvgIpc) is 3.13. The number of ether oxygens (including phenoxy) is 2. The minimum absolute atomic E-state index is 0.252. The molecule has 7 nitrogen and oxygen atoms in total. The molecule has 0 saturated heterocycles. The molecule has 0 aromatic heterocycles. The van der Waals surface area contributed by atoms with E-state index >= 15 is 0 Å². The standard InChI is InChI=1S/C23H21N3O4/c1-29-20-11-7-6-8-16(20)12-13-25-14-18-21(19(15-25)23(28)30-2)24-26(22(18)27)17-9-4-3-5-10-17/h3-11,14-15H,12-13H2,1-2H3. The first-order valence-electron chi connectivity index (χ1n) is 9.51. The number of benzene rings is 2. The van der Waals surface area contributed by atoms with E-state index in [2.05, 4.69) is 5.10 Å². The number of aromatic nitrogens is 3. The van der Waals surface area contributed by atoms with Crippen molar-refractivity contribution in [1.82, 2.24) is 14.3 Å². The van der Waals surface area contributed by atoms with Crippen LogP contribution in [0.4, 0.5) is 0 Å². The molecule has 0 spiro atoms. The number of para-hydroxylation sites is 2. The van der Waals surface area contributed by atoms with Crippen molar-refractivity contribution >= 4 is 5.97 Å². The number of esters is 1. The van der Waals surface area contributed by atoms with Gasteiger partial charge in [-0.25, -0.2) is 4.79 Å². The van der Waals surface area contributed by atoms with Crippen molar-refractivity contribution in [2.75, 3.05) is 14.2 Å². The molecule has 0 unspecified atom stereocenters. The first kappa shape index (κ1) is 19.4. The number of nitrogens with zero attached hydrogens (tertiary/aromatic N) is 3. The summed E-state index contributed by atoms with van der Waals surface area (Å²) in [6.45, 7) is 0.552. The normalized spacial score (nSPS) is 10.9. The van der Waals surface area contributed by atoms with Crippen LogP contribution in [0.5, 0.6) is 5.75 Å². The molecule has 152 valence electrons. The number of rotatable bonds is 6. The lowest BCUT2D eigenvalue weighted by Crippen LogP contribution is -2.16. The van der Waals surface area contributed by atoms with Crippen LogP contribution in [-0.4, -0.2) is 34.5 Å². The van der Waals surface area contributed by atoms with Gasteiger partial charge in [-0.3, -0.25) is 4.79 Å². The molecule has 0 aliphatic carbocycles. The third-order valence-corrected chi connectivity index (χ3v) is 4.96. The maximum absolute atomic E-state index is 13.0. The van der Waals surface area contributed by atoms with Crippen LogP contribution in [0.25, 0.3) is 16.9 Å². The second kappa shape index (κ2) is 8.24. The number of hydrogen-bond acceptors (Lipinski definition) is 5. The molecule has 2 aliphatic rings. The van der Waals surface area contributed by atoms with Gasteiger partial charge in [0.25, 0.3) is 5.56 Å². The summed E-state index contributed by atoms with van der Waals surface area (Å²) in [5.41, 5.74) is 2.32. The SMILES string of the molecule is COC(=O)c1cn(CCc2ccccc2OC)cc2c(=O)n(-c3ccccc3)nc1-2. The van der Waals surface area contributed by atoms with Crippen molar-refractivity contribution in [2.45, 2.75) is 13.0 Å². The highest BCUT2D eigenvalue weighted by molar-refractivity contribution is 5.96. The van der Waals surface area contributed by atoms with E-state index in [4.69, 9.17) is 9.47 Å². The predicted molar refractivity (Wildman–Crippen MR) is 112 cm³/mol. The van der Waals surface area contributed by atoms with Crippen molar-refractivity contribution in [3.05, 3.63) is 88.5 Å². The molecular weight excluding hydrogens is 382 g/mol. The van der Waals surface area contributed by atoms with Crippen LogP contribution in [0.15, 0.2) is 71.8 Å². The van der Waals surface area contributed by atoms with Gasteiger partial charge in [0.05, 0.1) is 25.5 Å². The molecule has 30 heavy (non-hydrogen) atoms. The molecule has 2 aromatic carbocycles. The molecule has 4 rings (SSSR count). The van der Waals surface area contributed by atoms with Gasteiger partial charge in [0, 0.05) is 18.9 Å². The van der Waals surface area contributed by atoms with Gasteiger partial charge in [-0.1, -0.05) is 36.4 Å². The molecule has 0 N–H and O–H groups in total. The quantitative estimate of drug-likeness (QED) is 0.462. The van der Waals surface area contributed by atoms with Crippen molar-refractivity contribution in [1.29, 1.82) is 0 Å². The summed E-state index contributed by atoms with van der Waals surface area (Å²) in [5.74, 6) is 0.262. The summed E-state index contributed by atoms with van der Waals surface area (Å²) < 4.78 is 13.5. The first-order valence-corrected chi connectivity index (χ1v) is 9.51. The van der Waals surface area contributed by atoms with Gasteiger partial charge >= 0.3 is 5.97 Å². The number of fused-ring (bicyclic) bond motifs is 1. The van der Waals surface area contributed by atoms with Gasteiger partial charge < -0.3 is 14.0 Å². The van der Waals surface area contributed by atoms with E-state index in [9.17, 15) is 9.59 Å². The molecule has 2 aromatic rings. The Labute approximate surface area is 173 Å². The third kappa shape index (κ3) is 3.57. The molecule has 7 heteroatoms. The minimum Gasteiger partial charge on any atom is -0.496 e. The van der Waals surface area contributed by atoms with Crippen molar-refractivity contribution in [3.8, 4) is 22.7 Å². The van der Waals surface area contributed by atoms with Crippen LogP contribution in [0.2, 0.25) is 0 Å². The van der Waals surface area contributed by atoms with Crippen LogP contribution in [0, 0.1) is 0 Å². The van der Waals surface area contributed by atoms with Crippen molar-refractivity contribution in [3.63, 3.8) is 0 Å². The van der Waals surface area contributed by atoms with Gasteiger partial charge in [-0.05, 0) is 30.2 Å². The van der Waals surface area contributed by atoms with E-state index in [1.165, 1.54) is 11.8 Å². The Kier molecular flexibility index (Phi) is 5.34. The highest BCUT2D eigenvalue weighted by atomic mass is 16.5. The summed E-state index contributed by atoms with van der Waals surface area (Å²) in [4.78, 5) is 25.4. The van der Waals surface area contributed by atoms with Gasteiger partial charge in [0.15, 0.2) is 0 Å². The predicted octanol–water partition coefficient (Wildman–Crippen LogP) is 3.18. The molecule has 0 saturated carbocycles. The Morgan fingerprint density at radius 2 is 1.73 bits per heavy atom. The zero-order valence-electron chi connectivity index (χ0n) is 16.7. The van der Waals surface area contributed by atoms with E-state index < -0.39 is 5.97 Å². The number of pyridine rings is 1. The van der Waals surface area contributed by atoms with Crippen LogP contribution >= 0.6 is 0 Å². The van der Waals surface area contributed by atoms with Gasteiger partial charge in [-0.15, -0.1) is 0 Å². The summed E-state index contributed by atoms with van der Waals surface area (Å²) in [5, 5.41) is 4.41. The zero-order chi connectivity index (χ0) is 21.1. The summed E-state index contributed by atoms with van der Waals surface area (Å²) in [6.07, 6.45) is 4.07. The van der Waals surface area contributed by atoms with Crippen molar-refractivity contribution < 1.29 is 14.3 Å². The Hall–Kier alpha value is -3.87. The van der Waals surface area contributed by atoms with Crippen molar-refractivity contribution in [2.24, 2.45) is 0 Å². The van der Waals surface area contributed by atoms with Crippen LogP contribution in [0.3, 0.4) is 0 Å². The van der Waals surface area contributed by atoms with Gasteiger partial charge in [-0.2, -0.15) is 9.78 Å². The molecule has 0 amide bonds. The highest BCUT2D eigenvalue weighted by Crippen LogP contribution is 2.24. The monoisotopic (exact) mass is 403 g/mol. The molecule has 0 bridgehead atoms. The first-order chi connectivity index (χ1) is 14.6. The largest absolute Gasteiger partial charge is 0.496 e. The third-order valence-electron chi connectivity index (χ3n) is 4.96. The fourth-order valence-corrected chi connectivity index (χ4v) is 3.45. The number of methoxy groups -OCH3 is 2. The Balaban J connectivity index is 1.78. The summed E-state index contributed by atoms with van der Waals surface area (Å²) >= 11 is 0. The van der Waals surface area contributed by atoms with Crippen LogP contribution < -0.4 is 10.3 Å². The number of carbonyl (C=O) groups is 1. The molecule has 0 radical (unpaired) electrons. The average molecular weight is 403 g/mol. The maximum Gasteiger partial charge on any atom is 0.341 e. The van der Waals surface area contributed by atoms with E-state index in [1.807, 2.05) is 47.0 Å². The topological polar surface area (TPSA) is 75.3 Å². The van der Waals surface area contributed by atoms with E-state index in [0.29, 0.717) is 29.9 Å². The fraction of sp³-hybridized carbons (Fsp3) is 0.174.